The Kier molecular flexibility index (Phi) is 3.61. The number of rotatable bonds is 2. The van der Waals surface area contributed by atoms with Gasteiger partial charge in [0.15, 0.2) is 0 Å². The molecular weight excluding hydrogens is 309 g/mol. The van der Waals surface area contributed by atoms with Gasteiger partial charge < -0.3 is 5.73 Å². The summed E-state index contributed by atoms with van der Waals surface area (Å²) in [6.07, 6.45) is 0. The predicted octanol–water partition coefficient (Wildman–Crippen LogP) is 3.73. The van der Waals surface area contributed by atoms with Gasteiger partial charge in [0.05, 0.1) is 0 Å². The number of hydrogen-bond acceptors (Lipinski definition) is 1. The van der Waals surface area contributed by atoms with E-state index in [1.54, 1.807) is 0 Å². The van der Waals surface area contributed by atoms with Gasteiger partial charge >= 0.3 is 0 Å². The van der Waals surface area contributed by atoms with Crippen LogP contribution in [-0.2, 0) is 6.54 Å². The molecule has 0 aromatic heterocycles. The summed E-state index contributed by atoms with van der Waals surface area (Å²) in [5.74, 6) is 0. The third-order valence-corrected chi connectivity index (χ3v) is 3.56. The number of nitrogens with two attached hydrogens (primary N) is 1. The van der Waals surface area contributed by atoms with E-state index in [0.29, 0.717) is 6.54 Å². The second-order valence-corrected chi connectivity index (χ2v) is 5.05. The lowest BCUT2D eigenvalue weighted by molar-refractivity contribution is 1.07. The molecular formula is C14H14IN. The summed E-state index contributed by atoms with van der Waals surface area (Å²) in [6.45, 7) is 2.72. The van der Waals surface area contributed by atoms with Crippen LogP contribution in [0.1, 0.15) is 11.1 Å². The Morgan fingerprint density at radius 2 is 1.75 bits per heavy atom. The van der Waals surface area contributed by atoms with Crippen LogP contribution in [0, 0.1) is 10.5 Å². The maximum atomic E-state index is 5.59. The average Bonchev–Trinajstić information content (AvgIpc) is 2.32. The van der Waals surface area contributed by atoms with Crippen molar-refractivity contribution in [3.8, 4) is 11.1 Å². The van der Waals surface area contributed by atoms with Crippen LogP contribution in [0.2, 0.25) is 0 Å². The quantitative estimate of drug-likeness (QED) is 0.838. The molecule has 0 saturated carbocycles. The summed E-state index contributed by atoms with van der Waals surface area (Å²) in [4.78, 5) is 0. The molecule has 2 N–H and O–H groups in total. The van der Waals surface area contributed by atoms with Gasteiger partial charge in [-0.3, -0.25) is 0 Å². The molecule has 0 unspecified atom stereocenters. The highest BCUT2D eigenvalue weighted by Crippen LogP contribution is 2.26. The van der Waals surface area contributed by atoms with E-state index in [4.69, 9.17) is 5.73 Å². The van der Waals surface area contributed by atoms with Crippen LogP contribution in [0.5, 0.6) is 0 Å². The topological polar surface area (TPSA) is 26.0 Å². The molecule has 0 radical (unpaired) electrons. The van der Waals surface area contributed by atoms with Gasteiger partial charge in [0.25, 0.3) is 0 Å². The van der Waals surface area contributed by atoms with Crippen molar-refractivity contribution in [2.75, 3.05) is 0 Å². The minimum atomic E-state index is 0.602. The summed E-state index contributed by atoms with van der Waals surface area (Å²) < 4.78 is 1.28. The molecule has 0 bridgehead atoms. The third kappa shape index (κ3) is 2.44. The first-order chi connectivity index (χ1) is 7.70. The van der Waals surface area contributed by atoms with E-state index in [9.17, 15) is 0 Å². The standard InChI is InChI=1S/C14H14IN/c1-10-2-7-14(15)13(8-10)12-5-3-11(9-16)4-6-12/h2-8H,9,16H2,1H3. The fourth-order valence-electron chi connectivity index (χ4n) is 1.68. The van der Waals surface area contributed by atoms with Gasteiger partial charge in [-0.1, -0.05) is 42.0 Å². The molecule has 0 aliphatic heterocycles. The molecule has 0 saturated heterocycles. The number of halogens is 1. The van der Waals surface area contributed by atoms with Gasteiger partial charge in [-0.15, -0.1) is 0 Å². The Morgan fingerprint density at radius 1 is 1.06 bits per heavy atom. The lowest BCUT2D eigenvalue weighted by Gasteiger charge is -2.07. The van der Waals surface area contributed by atoms with E-state index in [-0.39, 0.29) is 0 Å². The van der Waals surface area contributed by atoms with Crippen molar-refractivity contribution < 1.29 is 0 Å². The normalized spacial score (nSPS) is 10.4. The Morgan fingerprint density at radius 3 is 2.38 bits per heavy atom. The van der Waals surface area contributed by atoms with Gasteiger partial charge in [-0.2, -0.15) is 0 Å². The molecule has 0 fully saturated rings. The highest BCUT2D eigenvalue weighted by atomic mass is 127. The second-order valence-electron chi connectivity index (χ2n) is 3.88. The Balaban J connectivity index is 2.45. The molecule has 0 aliphatic carbocycles. The zero-order valence-electron chi connectivity index (χ0n) is 9.20. The molecule has 0 spiro atoms. The summed E-state index contributed by atoms with van der Waals surface area (Å²) >= 11 is 2.37. The first kappa shape index (κ1) is 11.6. The van der Waals surface area contributed by atoms with Crippen molar-refractivity contribution in [2.24, 2.45) is 5.73 Å². The van der Waals surface area contributed by atoms with Crippen molar-refractivity contribution in [2.45, 2.75) is 13.5 Å². The van der Waals surface area contributed by atoms with E-state index in [1.165, 1.54) is 25.8 Å². The second kappa shape index (κ2) is 4.97. The molecule has 2 aromatic rings. The minimum absolute atomic E-state index is 0.602. The first-order valence-corrected chi connectivity index (χ1v) is 6.34. The van der Waals surface area contributed by atoms with Crippen LogP contribution in [-0.4, -0.2) is 0 Å². The molecule has 2 heteroatoms. The van der Waals surface area contributed by atoms with Gasteiger partial charge in [-0.05, 0) is 52.3 Å². The van der Waals surface area contributed by atoms with Crippen LogP contribution in [0.4, 0.5) is 0 Å². The molecule has 0 atom stereocenters. The van der Waals surface area contributed by atoms with Crippen molar-refractivity contribution in [1.82, 2.24) is 0 Å². The molecule has 82 valence electrons. The Bertz CT molecular complexity index is 489. The summed E-state index contributed by atoms with van der Waals surface area (Å²) in [7, 11) is 0. The smallest absolute Gasteiger partial charge is 0.0208 e. The zero-order chi connectivity index (χ0) is 11.5. The molecule has 2 rings (SSSR count). The summed E-state index contributed by atoms with van der Waals surface area (Å²) in [5, 5.41) is 0. The van der Waals surface area contributed by atoms with Gasteiger partial charge in [0.1, 0.15) is 0 Å². The molecule has 16 heavy (non-hydrogen) atoms. The monoisotopic (exact) mass is 323 g/mol. The number of hydrogen-bond donors (Lipinski definition) is 1. The highest BCUT2D eigenvalue weighted by molar-refractivity contribution is 14.1. The molecule has 2 aromatic carbocycles. The highest BCUT2D eigenvalue weighted by Gasteiger charge is 2.02. The SMILES string of the molecule is Cc1ccc(I)c(-c2ccc(CN)cc2)c1. The van der Waals surface area contributed by atoms with Gasteiger partial charge in [0.2, 0.25) is 0 Å². The lowest BCUT2D eigenvalue weighted by atomic mass is 10.0. The fourth-order valence-corrected chi connectivity index (χ4v) is 2.33. The fraction of sp³-hybridized carbons (Fsp3) is 0.143. The molecule has 0 aliphatic rings. The lowest BCUT2D eigenvalue weighted by Crippen LogP contribution is -1.95. The van der Waals surface area contributed by atoms with Gasteiger partial charge in [-0.25, -0.2) is 0 Å². The van der Waals surface area contributed by atoms with Crippen molar-refractivity contribution in [3.05, 3.63) is 57.2 Å². The van der Waals surface area contributed by atoms with E-state index in [0.717, 1.165) is 0 Å². The van der Waals surface area contributed by atoms with E-state index < -0.39 is 0 Å². The van der Waals surface area contributed by atoms with E-state index in [2.05, 4.69) is 72.0 Å². The number of aryl methyl sites for hydroxylation is 1. The first-order valence-electron chi connectivity index (χ1n) is 5.26. The Labute approximate surface area is 110 Å². The van der Waals surface area contributed by atoms with E-state index >= 15 is 0 Å². The van der Waals surface area contributed by atoms with Crippen LogP contribution < -0.4 is 5.73 Å². The Hall–Kier alpha value is -0.870. The van der Waals surface area contributed by atoms with Crippen molar-refractivity contribution in [1.29, 1.82) is 0 Å². The molecule has 0 amide bonds. The average molecular weight is 323 g/mol. The largest absolute Gasteiger partial charge is 0.326 e. The zero-order valence-corrected chi connectivity index (χ0v) is 11.4. The van der Waals surface area contributed by atoms with E-state index in [1.807, 2.05) is 0 Å². The van der Waals surface area contributed by atoms with Crippen molar-refractivity contribution in [3.63, 3.8) is 0 Å². The minimum Gasteiger partial charge on any atom is -0.326 e. The van der Waals surface area contributed by atoms with Crippen LogP contribution in [0.3, 0.4) is 0 Å². The maximum absolute atomic E-state index is 5.59. The van der Waals surface area contributed by atoms with Crippen molar-refractivity contribution >= 4 is 22.6 Å². The number of benzene rings is 2. The van der Waals surface area contributed by atoms with Gasteiger partial charge in [0, 0.05) is 10.1 Å². The third-order valence-electron chi connectivity index (χ3n) is 2.62. The summed E-state index contributed by atoms with van der Waals surface area (Å²) in [5.41, 5.74) is 10.6. The van der Waals surface area contributed by atoms with Crippen LogP contribution in [0.25, 0.3) is 11.1 Å². The molecule has 1 nitrogen and oxygen atoms in total. The maximum Gasteiger partial charge on any atom is 0.0208 e. The summed E-state index contributed by atoms with van der Waals surface area (Å²) in [6, 6.07) is 15.0. The van der Waals surface area contributed by atoms with Crippen LogP contribution >= 0.6 is 22.6 Å². The van der Waals surface area contributed by atoms with Crippen LogP contribution in [0.15, 0.2) is 42.5 Å². The molecule has 0 heterocycles. The predicted molar refractivity (Wildman–Crippen MR) is 77.2 cm³/mol.